The highest BCUT2D eigenvalue weighted by Crippen LogP contribution is 2.32. The number of carbonyl (C=O) groups excluding carboxylic acids is 1. The number of halogens is 3. The van der Waals surface area contributed by atoms with Crippen molar-refractivity contribution in [1.82, 2.24) is 0 Å². The molecule has 6 heteroatoms. The van der Waals surface area contributed by atoms with Gasteiger partial charge >= 0.3 is 5.97 Å². The van der Waals surface area contributed by atoms with Crippen molar-refractivity contribution >= 4 is 61.2 Å². The van der Waals surface area contributed by atoms with Crippen LogP contribution in [0.4, 0.5) is 0 Å². The summed E-state index contributed by atoms with van der Waals surface area (Å²) in [6.07, 6.45) is 0.236. The third-order valence-corrected chi connectivity index (χ3v) is 5.37. The van der Waals surface area contributed by atoms with Gasteiger partial charge in [0.25, 0.3) is 0 Å². The molecule has 0 heterocycles. The quantitative estimate of drug-likeness (QED) is 0.409. The predicted octanol–water partition coefficient (Wildman–Crippen LogP) is 5.87. The van der Waals surface area contributed by atoms with Gasteiger partial charge in [0, 0.05) is 19.6 Å². The molecule has 0 fully saturated rings. The van der Waals surface area contributed by atoms with Gasteiger partial charge in [-0.25, -0.2) is 0 Å². The Kier molecular flexibility index (Phi) is 6.81. The maximum absolute atomic E-state index is 11.3. The molecule has 0 aromatic heterocycles. The lowest BCUT2D eigenvalue weighted by molar-refractivity contribution is -0.139. The fourth-order valence-electron chi connectivity index (χ4n) is 1.87. The van der Waals surface area contributed by atoms with Gasteiger partial charge in [-0.15, -0.1) is 11.8 Å². The van der Waals surface area contributed by atoms with E-state index < -0.39 is 0 Å². The zero-order chi connectivity index (χ0) is 16.1. The molecule has 0 saturated carbocycles. The van der Waals surface area contributed by atoms with E-state index in [0.717, 1.165) is 25.2 Å². The van der Waals surface area contributed by atoms with Crippen molar-refractivity contribution < 1.29 is 9.53 Å². The van der Waals surface area contributed by atoms with E-state index in [4.69, 9.17) is 11.6 Å². The molecular formula is C16H13Br2ClO2S. The third-order valence-electron chi connectivity index (χ3n) is 2.89. The van der Waals surface area contributed by atoms with Crippen LogP contribution in [0.2, 0.25) is 5.02 Å². The summed E-state index contributed by atoms with van der Waals surface area (Å²) in [6.45, 7) is 0. The van der Waals surface area contributed by atoms with E-state index in [-0.39, 0.29) is 12.4 Å². The number of methoxy groups -OCH3 is 1. The standard InChI is InChI=1S/C16H13Br2ClO2S/c1-21-16(20)7-10-2-3-15(14(19)6-10)22-9-11-4-12(17)8-13(18)5-11/h2-6,8H,7,9H2,1H3. The van der Waals surface area contributed by atoms with Crippen molar-refractivity contribution in [2.24, 2.45) is 0 Å². The molecular weight excluding hydrogens is 452 g/mol. The van der Waals surface area contributed by atoms with E-state index in [1.54, 1.807) is 11.8 Å². The average Bonchev–Trinajstić information content (AvgIpc) is 2.45. The van der Waals surface area contributed by atoms with Crippen molar-refractivity contribution in [3.63, 3.8) is 0 Å². The molecule has 0 aliphatic rings. The topological polar surface area (TPSA) is 26.3 Å². The van der Waals surface area contributed by atoms with Gasteiger partial charge in [0.1, 0.15) is 0 Å². The van der Waals surface area contributed by atoms with Crippen molar-refractivity contribution in [2.75, 3.05) is 7.11 Å². The van der Waals surface area contributed by atoms with Gasteiger partial charge in [0.15, 0.2) is 0 Å². The Morgan fingerprint density at radius 1 is 1.14 bits per heavy atom. The Labute approximate surface area is 155 Å². The molecule has 0 unspecified atom stereocenters. The van der Waals surface area contributed by atoms with E-state index in [1.807, 2.05) is 24.3 Å². The number of benzene rings is 2. The van der Waals surface area contributed by atoms with Crippen LogP contribution in [-0.2, 0) is 21.7 Å². The van der Waals surface area contributed by atoms with Crippen LogP contribution in [0.25, 0.3) is 0 Å². The molecule has 0 N–H and O–H groups in total. The van der Waals surface area contributed by atoms with Crippen LogP contribution < -0.4 is 0 Å². The Bertz CT molecular complexity index is 672. The second kappa shape index (κ2) is 8.39. The van der Waals surface area contributed by atoms with E-state index in [0.29, 0.717) is 5.02 Å². The molecule has 0 bridgehead atoms. The van der Waals surface area contributed by atoms with Crippen LogP contribution in [-0.4, -0.2) is 13.1 Å². The number of hydrogen-bond acceptors (Lipinski definition) is 3. The first kappa shape index (κ1) is 17.9. The minimum absolute atomic E-state index is 0.236. The first-order valence-corrected chi connectivity index (χ1v) is 9.36. The normalized spacial score (nSPS) is 10.5. The van der Waals surface area contributed by atoms with Crippen LogP contribution in [0.5, 0.6) is 0 Å². The molecule has 2 aromatic carbocycles. The smallest absolute Gasteiger partial charge is 0.309 e. The lowest BCUT2D eigenvalue weighted by Crippen LogP contribution is -2.04. The fraction of sp³-hybridized carbons (Fsp3) is 0.188. The van der Waals surface area contributed by atoms with Crippen LogP contribution in [0, 0.1) is 0 Å². The van der Waals surface area contributed by atoms with Crippen LogP contribution in [0.1, 0.15) is 11.1 Å². The molecule has 0 spiro atoms. The number of rotatable bonds is 5. The second-order valence-electron chi connectivity index (χ2n) is 4.58. The van der Waals surface area contributed by atoms with Crippen molar-refractivity contribution in [1.29, 1.82) is 0 Å². The highest BCUT2D eigenvalue weighted by Gasteiger charge is 2.07. The molecule has 2 nitrogen and oxygen atoms in total. The van der Waals surface area contributed by atoms with Gasteiger partial charge in [-0.2, -0.15) is 0 Å². The van der Waals surface area contributed by atoms with Crippen molar-refractivity contribution in [3.8, 4) is 0 Å². The zero-order valence-corrected chi connectivity index (χ0v) is 16.5. The molecule has 0 amide bonds. The van der Waals surface area contributed by atoms with Gasteiger partial charge in [-0.1, -0.05) is 49.5 Å². The maximum atomic E-state index is 11.3. The van der Waals surface area contributed by atoms with Crippen LogP contribution in [0.3, 0.4) is 0 Å². The van der Waals surface area contributed by atoms with Gasteiger partial charge in [0.05, 0.1) is 18.6 Å². The molecule has 0 saturated heterocycles. The molecule has 0 aliphatic carbocycles. The van der Waals surface area contributed by atoms with Gasteiger partial charge in [0.2, 0.25) is 0 Å². The molecule has 2 rings (SSSR count). The van der Waals surface area contributed by atoms with Crippen molar-refractivity contribution in [3.05, 3.63) is 61.5 Å². The summed E-state index contributed by atoms with van der Waals surface area (Å²) in [5.41, 5.74) is 2.05. The van der Waals surface area contributed by atoms with Crippen LogP contribution in [0.15, 0.2) is 50.2 Å². The minimum atomic E-state index is -0.268. The van der Waals surface area contributed by atoms with Gasteiger partial charge in [-0.3, -0.25) is 4.79 Å². The molecule has 0 atom stereocenters. The lowest BCUT2D eigenvalue weighted by atomic mass is 10.1. The summed E-state index contributed by atoms with van der Waals surface area (Å²) in [4.78, 5) is 12.3. The monoisotopic (exact) mass is 462 g/mol. The van der Waals surface area contributed by atoms with E-state index in [2.05, 4.69) is 48.7 Å². The number of hydrogen-bond donors (Lipinski definition) is 0. The highest BCUT2D eigenvalue weighted by molar-refractivity contribution is 9.11. The molecule has 116 valence electrons. The van der Waals surface area contributed by atoms with E-state index in [1.165, 1.54) is 12.7 Å². The van der Waals surface area contributed by atoms with Crippen molar-refractivity contribution in [2.45, 2.75) is 17.1 Å². The molecule has 22 heavy (non-hydrogen) atoms. The first-order chi connectivity index (χ1) is 10.5. The first-order valence-electron chi connectivity index (χ1n) is 6.41. The summed E-state index contributed by atoms with van der Waals surface area (Å²) < 4.78 is 6.73. The van der Waals surface area contributed by atoms with E-state index >= 15 is 0 Å². The van der Waals surface area contributed by atoms with Gasteiger partial charge < -0.3 is 4.74 Å². The molecule has 0 radical (unpaired) electrons. The SMILES string of the molecule is COC(=O)Cc1ccc(SCc2cc(Br)cc(Br)c2)c(Cl)c1. The summed E-state index contributed by atoms with van der Waals surface area (Å²) in [5.74, 6) is 0.546. The Morgan fingerprint density at radius 3 is 2.41 bits per heavy atom. The fourth-order valence-corrected chi connectivity index (χ4v) is 4.47. The Morgan fingerprint density at radius 2 is 1.82 bits per heavy atom. The average molecular weight is 465 g/mol. The Hall–Kier alpha value is -0.490. The summed E-state index contributed by atoms with van der Waals surface area (Å²) >= 11 is 14.9. The summed E-state index contributed by atoms with van der Waals surface area (Å²) in [6, 6.07) is 11.8. The zero-order valence-electron chi connectivity index (χ0n) is 11.7. The maximum Gasteiger partial charge on any atom is 0.309 e. The minimum Gasteiger partial charge on any atom is -0.469 e. The number of ether oxygens (including phenoxy) is 1. The van der Waals surface area contributed by atoms with Gasteiger partial charge in [-0.05, 0) is 41.5 Å². The third kappa shape index (κ3) is 5.30. The largest absolute Gasteiger partial charge is 0.469 e. The highest BCUT2D eigenvalue weighted by atomic mass is 79.9. The predicted molar refractivity (Wildman–Crippen MR) is 98.6 cm³/mol. The Balaban J connectivity index is 2.05. The van der Waals surface area contributed by atoms with Crippen LogP contribution >= 0.6 is 55.2 Å². The number of esters is 1. The second-order valence-corrected chi connectivity index (χ2v) is 7.84. The molecule has 0 aliphatic heterocycles. The molecule has 2 aromatic rings. The van der Waals surface area contributed by atoms with E-state index in [9.17, 15) is 4.79 Å². The lowest BCUT2D eigenvalue weighted by Gasteiger charge is -2.08. The number of thioether (sulfide) groups is 1. The summed E-state index contributed by atoms with van der Waals surface area (Å²) in [7, 11) is 1.38. The number of carbonyl (C=O) groups is 1. The summed E-state index contributed by atoms with van der Waals surface area (Å²) in [5, 5.41) is 0.653.